The second-order valence-corrected chi connectivity index (χ2v) is 7.56. The molecule has 0 fully saturated rings. The average molecular weight is 429 g/mol. The van der Waals surface area contributed by atoms with Gasteiger partial charge in [0.2, 0.25) is 0 Å². The predicted octanol–water partition coefficient (Wildman–Crippen LogP) is 3.25. The van der Waals surface area contributed by atoms with Gasteiger partial charge in [0.1, 0.15) is 11.2 Å². The van der Waals surface area contributed by atoms with Gasteiger partial charge in [0.25, 0.3) is 5.91 Å². The van der Waals surface area contributed by atoms with E-state index in [9.17, 15) is 4.79 Å². The number of halogens is 1. The van der Waals surface area contributed by atoms with Crippen molar-refractivity contribution in [3.63, 3.8) is 0 Å². The lowest BCUT2D eigenvalue weighted by Crippen LogP contribution is -2.37. The first kappa shape index (κ1) is 21.7. The van der Waals surface area contributed by atoms with Gasteiger partial charge in [-0.2, -0.15) is 0 Å². The highest BCUT2D eigenvalue weighted by Gasteiger charge is 2.20. The first-order valence-electron chi connectivity index (χ1n) is 9.55. The van der Waals surface area contributed by atoms with Crippen molar-refractivity contribution < 1.29 is 9.53 Å². The number of hydrogen-bond acceptors (Lipinski definition) is 6. The van der Waals surface area contributed by atoms with Crippen LogP contribution in [0.15, 0.2) is 30.6 Å². The highest BCUT2D eigenvalue weighted by atomic mass is 35.5. The van der Waals surface area contributed by atoms with Crippen LogP contribution in [-0.4, -0.2) is 60.4 Å². The zero-order chi connectivity index (χ0) is 21.8. The Hall–Kier alpha value is -2.97. The van der Waals surface area contributed by atoms with Crippen molar-refractivity contribution >= 4 is 40.1 Å². The van der Waals surface area contributed by atoms with Gasteiger partial charge < -0.3 is 19.9 Å². The molecular formula is C21H25ClN6O2. The Balaban J connectivity index is 1.97. The van der Waals surface area contributed by atoms with Crippen LogP contribution in [0.2, 0.25) is 5.02 Å². The Bertz CT molecular complexity index is 1080. The van der Waals surface area contributed by atoms with Crippen LogP contribution in [0.4, 0.5) is 5.69 Å². The van der Waals surface area contributed by atoms with Crippen molar-refractivity contribution in [1.82, 2.24) is 20.3 Å². The van der Waals surface area contributed by atoms with Gasteiger partial charge in [-0.1, -0.05) is 18.5 Å². The van der Waals surface area contributed by atoms with Gasteiger partial charge in [0.05, 0.1) is 30.1 Å². The average Bonchev–Trinajstić information content (AvgIpc) is 3.16. The molecule has 0 bridgehead atoms. The molecule has 0 aliphatic heterocycles. The lowest BCUT2D eigenvalue weighted by Gasteiger charge is -2.18. The SMILES string of the molecule is CC[C@@H](COC)NC(=O)c1c[nH]c2ncc(C(=N)c3ccc(Cl)cc3N(C)C)nc12. The van der Waals surface area contributed by atoms with Crippen LogP contribution in [0, 0.1) is 5.41 Å². The fourth-order valence-electron chi connectivity index (χ4n) is 3.14. The number of fused-ring (bicyclic) bond motifs is 1. The third-order valence-corrected chi connectivity index (χ3v) is 5.02. The Labute approximate surface area is 180 Å². The Morgan fingerprint density at radius 2 is 2.13 bits per heavy atom. The van der Waals surface area contributed by atoms with E-state index in [4.69, 9.17) is 21.7 Å². The Morgan fingerprint density at radius 3 is 2.80 bits per heavy atom. The van der Waals surface area contributed by atoms with Gasteiger partial charge in [-0.15, -0.1) is 0 Å². The molecule has 0 aliphatic rings. The van der Waals surface area contributed by atoms with E-state index in [1.165, 1.54) is 6.20 Å². The summed E-state index contributed by atoms with van der Waals surface area (Å²) in [6, 6.07) is 5.22. The zero-order valence-corrected chi connectivity index (χ0v) is 18.2. The molecule has 2 aromatic heterocycles. The number of anilines is 1. The summed E-state index contributed by atoms with van der Waals surface area (Å²) in [7, 11) is 5.37. The van der Waals surface area contributed by atoms with Crippen LogP contribution >= 0.6 is 11.6 Å². The maximum absolute atomic E-state index is 12.8. The molecule has 9 heteroatoms. The summed E-state index contributed by atoms with van der Waals surface area (Å²) >= 11 is 6.12. The van der Waals surface area contributed by atoms with Gasteiger partial charge >= 0.3 is 0 Å². The Kier molecular flexibility index (Phi) is 6.69. The quantitative estimate of drug-likeness (QED) is 0.477. The van der Waals surface area contributed by atoms with E-state index in [0.717, 1.165) is 12.1 Å². The monoisotopic (exact) mass is 428 g/mol. The number of carbonyl (C=O) groups excluding carboxylic acids is 1. The molecule has 0 saturated carbocycles. The summed E-state index contributed by atoms with van der Waals surface area (Å²) in [6.45, 7) is 2.41. The van der Waals surface area contributed by atoms with Crippen molar-refractivity contribution in [3.8, 4) is 0 Å². The van der Waals surface area contributed by atoms with E-state index in [1.807, 2.05) is 25.9 Å². The topological polar surface area (TPSA) is 107 Å². The van der Waals surface area contributed by atoms with Gasteiger partial charge in [-0.05, 0) is 24.6 Å². The first-order chi connectivity index (χ1) is 14.3. The van der Waals surface area contributed by atoms with Gasteiger partial charge in [-0.3, -0.25) is 10.2 Å². The van der Waals surface area contributed by atoms with Crippen LogP contribution < -0.4 is 10.2 Å². The van der Waals surface area contributed by atoms with Crippen molar-refractivity contribution in [3.05, 3.63) is 52.4 Å². The van der Waals surface area contributed by atoms with Crippen LogP contribution in [0.3, 0.4) is 0 Å². The molecule has 8 nitrogen and oxygen atoms in total. The van der Waals surface area contributed by atoms with Crippen molar-refractivity contribution in [1.29, 1.82) is 5.41 Å². The second kappa shape index (κ2) is 9.23. The number of rotatable bonds is 8. The van der Waals surface area contributed by atoms with Crippen molar-refractivity contribution in [2.24, 2.45) is 0 Å². The molecule has 1 atom stereocenters. The highest BCUT2D eigenvalue weighted by Crippen LogP contribution is 2.26. The molecule has 3 aromatic rings. The number of nitrogens with one attached hydrogen (secondary N) is 3. The standard InChI is InChI=1S/C21H25ClN6O2/c1-5-13(11-30-4)26-21(29)15-9-24-20-19(15)27-16(10-25-20)18(23)14-7-6-12(22)8-17(14)28(2)3/h6-10,13,23H,5,11H2,1-4H3,(H,24,25)(H,26,29)/t13-/m0/s1. The minimum atomic E-state index is -0.261. The van der Waals surface area contributed by atoms with E-state index in [2.05, 4.69) is 20.3 Å². The summed E-state index contributed by atoms with van der Waals surface area (Å²) in [5.41, 5.74) is 3.32. The maximum atomic E-state index is 12.8. The summed E-state index contributed by atoms with van der Waals surface area (Å²) in [5.74, 6) is -0.261. The van der Waals surface area contributed by atoms with E-state index in [1.54, 1.807) is 31.5 Å². The smallest absolute Gasteiger partial charge is 0.255 e. The second-order valence-electron chi connectivity index (χ2n) is 7.12. The summed E-state index contributed by atoms with van der Waals surface area (Å²) < 4.78 is 5.15. The molecule has 0 saturated heterocycles. The Morgan fingerprint density at radius 1 is 1.37 bits per heavy atom. The largest absolute Gasteiger partial charge is 0.383 e. The van der Waals surface area contributed by atoms with Crippen LogP contribution in [0.25, 0.3) is 11.2 Å². The number of H-pyrrole nitrogens is 1. The molecule has 1 amide bonds. The number of carbonyl (C=O) groups is 1. The number of hydrogen-bond donors (Lipinski definition) is 3. The molecule has 3 N–H and O–H groups in total. The van der Waals surface area contributed by atoms with Gasteiger partial charge in [-0.25, -0.2) is 9.97 Å². The van der Waals surface area contributed by atoms with Crippen molar-refractivity contribution in [2.75, 3.05) is 32.7 Å². The van der Waals surface area contributed by atoms with Crippen LogP contribution in [0.1, 0.15) is 35.0 Å². The fourth-order valence-corrected chi connectivity index (χ4v) is 3.30. The first-order valence-corrected chi connectivity index (χ1v) is 9.93. The molecular weight excluding hydrogens is 404 g/mol. The maximum Gasteiger partial charge on any atom is 0.255 e. The molecule has 0 unspecified atom stereocenters. The third-order valence-electron chi connectivity index (χ3n) is 4.79. The van der Waals surface area contributed by atoms with Crippen LogP contribution in [0.5, 0.6) is 0 Å². The molecule has 30 heavy (non-hydrogen) atoms. The lowest BCUT2D eigenvalue weighted by molar-refractivity contribution is 0.0896. The molecule has 0 spiro atoms. The predicted molar refractivity (Wildman–Crippen MR) is 119 cm³/mol. The van der Waals surface area contributed by atoms with Crippen molar-refractivity contribution in [2.45, 2.75) is 19.4 Å². The van der Waals surface area contributed by atoms with Gasteiger partial charge in [0.15, 0.2) is 5.65 Å². The lowest BCUT2D eigenvalue weighted by atomic mass is 10.0. The van der Waals surface area contributed by atoms with E-state index < -0.39 is 0 Å². The molecule has 1 aromatic carbocycles. The van der Waals surface area contributed by atoms with E-state index in [0.29, 0.717) is 39.6 Å². The van der Waals surface area contributed by atoms with E-state index in [-0.39, 0.29) is 17.7 Å². The van der Waals surface area contributed by atoms with Crippen LogP contribution in [-0.2, 0) is 4.74 Å². The zero-order valence-electron chi connectivity index (χ0n) is 17.4. The fraction of sp³-hybridized carbons (Fsp3) is 0.333. The number of aromatic amines is 1. The minimum absolute atomic E-state index is 0.0985. The molecule has 3 rings (SSSR count). The number of aromatic nitrogens is 3. The number of amides is 1. The summed E-state index contributed by atoms with van der Waals surface area (Å²) in [5, 5.41) is 12.2. The normalized spacial score (nSPS) is 12.0. The number of benzene rings is 1. The van der Waals surface area contributed by atoms with Gasteiger partial charge in [0, 0.05) is 43.7 Å². The summed E-state index contributed by atoms with van der Waals surface area (Å²) in [6.07, 6.45) is 3.85. The molecule has 0 radical (unpaired) electrons. The third kappa shape index (κ3) is 4.44. The molecule has 0 aliphatic carbocycles. The molecule has 2 heterocycles. The van der Waals surface area contributed by atoms with E-state index >= 15 is 0 Å². The minimum Gasteiger partial charge on any atom is -0.383 e. The summed E-state index contributed by atoms with van der Waals surface area (Å²) in [4.78, 5) is 26.6. The number of nitrogens with zero attached hydrogens (tertiary/aromatic N) is 3. The highest BCUT2D eigenvalue weighted by molar-refractivity contribution is 6.31. The number of methoxy groups -OCH3 is 1. The molecule has 158 valence electrons. The number of ether oxygens (including phenoxy) is 1.